The molecular formula is C12H14N2O4. The van der Waals surface area contributed by atoms with E-state index in [0.29, 0.717) is 5.56 Å². The highest BCUT2D eigenvalue weighted by Crippen LogP contribution is 2.15. The second kappa shape index (κ2) is 5.81. The van der Waals surface area contributed by atoms with E-state index in [1.165, 1.54) is 31.2 Å². The minimum Gasteiger partial charge on any atom is -0.478 e. The van der Waals surface area contributed by atoms with Crippen molar-refractivity contribution in [3.63, 3.8) is 0 Å². The second-order valence-corrected chi connectivity index (χ2v) is 3.82. The average molecular weight is 250 g/mol. The highest BCUT2D eigenvalue weighted by molar-refractivity contribution is 5.88. The molecule has 1 aromatic rings. The van der Waals surface area contributed by atoms with Crippen LogP contribution in [0.15, 0.2) is 24.3 Å². The summed E-state index contributed by atoms with van der Waals surface area (Å²) in [4.78, 5) is 32.8. The molecule has 0 fully saturated rings. The van der Waals surface area contributed by atoms with Crippen molar-refractivity contribution in [2.24, 2.45) is 5.73 Å². The molecule has 1 aromatic carbocycles. The highest BCUT2D eigenvalue weighted by atomic mass is 16.4. The summed E-state index contributed by atoms with van der Waals surface area (Å²) < 4.78 is 0. The molecule has 0 radical (unpaired) electrons. The molecule has 2 amide bonds. The number of hydrogen-bond donors (Lipinski definition) is 3. The van der Waals surface area contributed by atoms with Crippen LogP contribution in [0.4, 0.5) is 0 Å². The van der Waals surface area contributed by atoms with Gasteiger partial charge in [0.15, 0.2) is 0 Å². The third-order valence-electron chi connectivity index (χ3n) is 2.46. The highest BCUT2D eigenvalue weighted by Gasteiger charge is 2.18. The van der Waals surface area contributed by atoms with Crippen LogP contribution in [0, 0.1) is 0 Å². The number of hydrogen-bond acceptors (Lipinski definition) is 3. The molecular weight excluding hydrogens is 236 g/mol. The van der Waals surface area contributed by atoms with Gasteiger partial charge >= 0.3 is 5.97 Å². The standard InChI is InChI=1S/C12H14N2O4/c1-7(15)14-6-10(11(13)16)8-2-4-9(5-3-8)12(17)18/h2-5,10H,6H2,1H3,(H2,13,16)(H,14,15)(H,17,18). The van der Waals surface area contributed by atoms with E-state index >= 15 is 0 Å². The molecule has 6 nitrogen and oxygen atoms in total. The van der Waals surface area contributed by atoms with Crippen LogP contribution >= 0.6 is 0 Å². The fourth-order valence-electron chi connectivity index (χ4n) is 1.49. The summed E-state index contributed by atoms with van der Waals surface area (Å²) >= 11 is 0. The van der Waals surface area contributed by atoms with Crippen LogP contribution in [0.2, 0.25) is 0 Å². The first-order valence-corrected chi connectivity index (χ1v) is 5.29. The summed E-state index contributed by atoms with van der Waals surface area (Å²) in [6.07, 6.45) is 0. The smallest absolute Gasteiger partial charge is 0.335 e. The van der Waals surface area contributed by atoms with E-state index in [-0.39, 0.29) is 18.0 Å². The van der Waals surface area contributed by atoms with Crippen molar-refractivity contribution in [1.82, 2.24) is 5.32 Å². The van der Waals surface area contributed by atoms with Crippen LogP contribution < -0.4 is 11.1 Å². The molecule has 18 heavy (non-hydrogen) atoms. The zero-order chi connectivity index (χ0) is 13.7. The number of benzene rings is 1. The summed E-state index contributed by atoms with van der Waals surface area (Å²) in [5.74, 6) is -2.55. The summed E-state index contributed by atoms with van der Waals surface area (Å²) in [7, 11) is 0. The third kappa shape index (κ3) is 3.58. The number of amides is 2. The zero-order valence-corrected chi connectivity index (χ0v) is 9.84. The molecule has 4 N–H and O–H groups in total. The lowest BCUT2D eigenvalue weighted by molar-refractivity contribution is -0.120. The summed E-state index contributed by atoms with van der Waals surface area (Å²) in [5, 5.41) is 11.3. The number of aromatic carboxylic acids is 1. The van der Waals surface area contributed by atoms with Gasteiger partial charge in [0.1, 0.15) is 0 Å². The summed E-state index contributed by atoms with van der Waals surface area (Å²) in [6, 6.07) is 5.81. The Labute approximate surface area is 104 Å². The number of carbonyl (C=O) groups excluding carboxylic acids is 2. The fourth-order valence-corrected chi connectivity index (χ4v) is 1.49. The van der Waals surface area contributed by atoms with Crippen LogP contribution in [0.3, 0.4) is 0 Å². The largest absolute Gasteiger partial charge is 0.478 e. The number of rotatable bonds is 5. The molecule has 1 atom stereocenters. The Balaban J connectivity index is 2.89. The van der Waals surface area contributed by atoms with Crippen molar-refractivity contribution in [2.75, 3.05) is 6.54 Å². The third-order valence-corrected chi connectivity index (χ3v) is 2.46. The monoisotopic (exact) mass is 250 g/mol. The fraction of sp³-hybridized carbons (Fsp3) is 0.250. The van der Waals surface area contributed by atoms with Gasteiger partial charge in [-0.15, -0.1) is 0 Å². The van der Waals surface area contributed by atoms with Gasteiger partial charge in [-0.3, -0.25) is 9.59 Å². The first-order chi connectivity index (χ1) is 8.41. The van der Waals surface area contributed by atoms with Gasteiger partial charge < -0.3 is 16.2 Å². The lowest BCUT2D eigenvalue weighted by Gasteiger charge is -2.14. The molecule has 0 heterocycles. The number of primary amides is 1. The Hall–Kier alpha value is -2.37. The molecule has 0 saturated heterocycles. The molecule has 0 bridgehead atoms. The van der Waals surface area contributed by atoms with Gasteiger partial charge in [-0.1, -0.05) is 12.1 Å². The Bertz CT molecular complexity index is 467. The van der Waals surface area contributed by atoms with Crippen LogP contribution in [-0.2, 0) is 9.59 Å². The Kier molecular flexibility index (Phi) is 4.42. The quantitative estimate of drug-likeness (QED) is 0.687. The maximum atomic E-state index is 11.3. The van der Waals surface area contributed by atoms with E-state index in [9.17, 15) is 14.4 Å². The van der Waals surface area contributed by atoms with E-state index in [4.69, 9.17) is 10.8 Å². The van der Waals surface area contributed by atoms with Crippen LogP contribution in [0.25, 0.3) is 0 Å². The number of carboxylic acids is 1. The van der Waals surface area contributed by atoms with Crippen molar-refractivity contribution in [1.29, 1.82) is 0 Å². The molecule has 1 rings (SSSR count). The first-order valence-electron chi connectivity index (χ1n) is 5.29. The van der Waals surface area contributed by atoms with Gasteiger partial charge in [0.05, 0.1) is 11.5 Å². The number of carbonyl (C=O) groups is 3. The lowest BCUT2D eigenvalue weighted by Crippen LogP contribution is -2.33. The molecule has 0 spiro atoms. The average Bonchev–Trinajstić information content (AvgIpc) is 2.29. The normalized spacial score (nSPS) is 11.6. The van der Waals surface area contributed by atoms with Crippen molar-refractivity contribution >= 4 is 17.8 Å². The van der Waals surface area contributed by atoms with Gasteiger partial charge in [0.25, 0.3) is 0 Å². The lowest BCUT2D eigenvalue weighted by atomic mass is 9.97. The summed E-state index contributed by atoms with van der Waals surface area (Å²) in [6.45, 7) is 1.43. The maximum absolute atomic E-state index is 11.3. The van der Waals surface area contributed by atoms with Crippen molar-refractivity contribution in [3.05, 3.63) is 35.4 Å². The number of nitrogens with one attached hydrogen (secondary N) is 1. The molecule has 0 aliphatic rings. The van der Waals surface area contributed by atoms with E-state index in [1.54, 1.807) is 0 Å². The molecule has 6 heteroatoms. The van der Waals surface area contributed by atoms with Gasteiger partial charge in [-0.05, 0) is 17.7 Å². The van der Waals surface area contributed by atoms with Crippen molar-refractivity contribution in [3.8, 4) is 0 Å². The Morgan fingerprint density at radius 1 is 1.28 bits per heavy atom. The molecule has 0 aliphatic carbocycles. The zero-order valence-electron chi connectivity index (χ0n) is 9.84. The number of nitrogens with two attached hydrogens (primary N) is 1. The van der Waals surface area contributed by atoms with E-state index in [1.807, 2.05) is 0 Å². The first kappa shape index (κ1) is 13.7. The van der Waals surface area contributed by atoms with Gasteiger partial charge in [0.2, 0.25) is 11.8 Å². The second-order valence-electron chi connectivity index (χ2n) is 3.82. The topological polar surface area (TPSA) is 109 Å². The maximum Gasteiger partial charge on any atom is 0.335 e. The van der Waals surface area contributed by atoms with Gasteiger partial charge in [0, 0.05) is 13.5 Å². The molecule has 1 unspecified atom stereocenters. The van der Waals surface area contributed by atoms with E-state index < -0.39 is 17.8 Å². The van der Waals surface area contributed by atoms with Crippen LogP contribution in [0.1, 0.15) is 28.8 Å². The molecule has 0 aromatic heterocycles. The Morgan fingerprint density at radius 3 is 2.22 bits per heavy atom. The van der Waals surface area contributed by atoms with E-state index in [0.717, 1.165) is 0 Å². The molecule has 96 valence electrons. The Morgan fingerprint density at radius 2 is 1.83 bits per heavy atom. The van der Waals surface area contributed by atoms with Crippen LogP contribution in [-0.4, -0.2) is 29.4 Å². The summed E-state index contributed by atoms with van der Waals surface area (Å²) in [5.41, 5.74) is 5.94. The van der Waals surface area contributed by atoms with Gasteiger partial charge in [-0.25, -0.2) is 4.79 Å². The minimum atomic E-state index is -1.04. The van der Waals surface area contributed by atoms with Gasteiger partial charge in [-0.2, -0.15) is 0 Å². The van der Waals surface area contributed by atoms with E-state index in [2.05, 4.69) is 5.32 Å². The predicted molar refractivity (Wildman–Crippen MR) is 64.0 cm³/mol. The number of carboxylic acid groups (broad SMARTS) is 1. The molecule has 0 saturated carbocycles. The minimum absolute atomic E-state index is 0.0943. The predicted octanol–water partition coefficient (Wildman–Crippen LogP) is 0.0898. The van der Waals surface area contributed by atoms with Crippen LogP contribution in [0.5, 0.6) is 0 Å². The SMILES string of the molecule is CC(=O)NCC(C(N)=O)c1ccc(C(=O)O)cc1. The van der Waals surface area contributed by atoms with Crippen molar-refractivity contribution in [2.45, 2.75) is 12.8 Å². The molecule has 0 aliphatic heterocycles. The van der Waals surface area contributed by atoms with Crippen molar-refractivity contribution < 1.29 is 19.5 Å².